The summed E-state index contributed by atoms with van der Waals surface area (Å²) in [5.41, 5.74) is 0. The normalized spacial score (nSPS) is 20.1. The van der Waals surface area contributed by atoms with E-state index in [0.29, 0.717) is 11.5 Å². The summed E-state index contributed by atoms with van der Waals surface area (Å²) >= 11 is 0. The number of ether oxygens (including phenoxy) is 1. The molecule has 0 spiro atoms. The Bertz CT molecular complexity index is 382. The van der Waals surface area contributed by atoms with Crippen LogP contribution in [0.15, 0.2) is 0 Å². The number of nitrogens with zero attached hydrogens (tertiary/aromatic N) is 1. The van der Waals surface area contributed by atoms with Crippen molar-refractivity contribution in [2.75, 3.05) is 13.2 Å². The maximum Gasteiger partial charge on any atom is 0.492 e. The van der Waals surface area contributed by atoms with E-state index in [1.807, 2.05) is 0 Å². The molecule has 19 heavy (non-hydrogen) atoms. The first-order chi connectivity index (χ1) is 8.71. The van der Waals surface area contributed by atoms with E-state index in [1.165, 1.54) is 0 Å². The number of alkyl halides is 3. The average molecular weight is 283 g/mol. The number of hydrogen-bond acceptors (Lipinski definition) is 6. The summed E-state index contributed by atoms with van der Waals surface area (Å²) in [4.78, 5) is 36.9. The largest absolute Gasteiger partial charge is 0.492 e. The molecule has 0 amide bonds. The van der Waals surface area contributed by atoms with Crippen LogP contribution in [-0.4, -0.2) is 48.2 Å². The molecule has 0 aromatic rings. The summed E-state index contributed by atoms with van der Waals surface area (Å²) in [6.45, 7) is 0.571. The third-order valence-corrected chi connectivity index (χ3v) is 2.42. The van der Waals surface area contributed by atoms with Gasteiger partial charge in [0.2, 0.25) is 0 Å². The second-order valence-electron chi connectivity index (χ2n) is 3.92. The van der Waals surface area contributed by atoms with E-state index >= 15 is 0 Å². The van der Waals surface area contributed by atoms with E-state index in [0.717, 1.165) is 6.92 Å². The van der Waals surface area contributed by atoms with Crippen LogP contribution in [0.4, 0.5) is 13.2 Å². The van der Waals surface area contributed by atoms with Gasteiger partial charge in [0.25, 0.3) is 0 Å². The lowest BCUT2D eigenvalue weighted by Crippen LogP contribution is -2.42. The quantitative estimate of drug-likeness (QED) is 0.704. The fraction of sp³-hybridized carbons (Fsp3) is 0.700. The highest BCUT2D eigenvalue weighted by molar-refractivity contribution is 5.87. The number of ketones is 1. The first-order valence-corrected chi connectivity index (χ1v) is 5.43. The number of hydroxylamine groups is 2. The monoisotopic (exact) mass is 283 g/mol. The fourth-order valence-corrected chi connectivity index (χ4v) is 1.60. The van der Waals surface area contributed by atoms with Crippen LogP contribution in [0.1, 0.15) is 19.8 Å². The predicted octanol–water partition coefficient (Wildman–Crippen LogP) is 0.603. The lowest BCUT2D eigenvalue weighted by Gasteiger charge is -2.22. The van der Waals surface area contributed by atoms with Gasteiger partial charge in [0.1, 0.15) is 6.04 Å². The van der Waals surface area contributed by atoms with Crippen molar-refractivity contribution in [3.05, 3.63) is 0 Å². The van der Waals surface area contributed by atoms with Crippen LogP contribution in [0.3, 0.4) is 0 Å². The minimum atomic E-state index is -5.12. The second-order valence-corrected chi connectivity index (χ2v) is 3.92. The van der Waals surface area contributed by atoms with Crippen LogP contribution < -0.4 is 0 Å². The molecule has 1 heterocycles. The number of hydrogen-bond donors (Lipinski definition) is 0. The van der Waals surface area contributed by atoms with Gasteiger partial charge in [-0.3, -0.25) is 9.59 Å². The molecule has 1 unspecified atom stereocenters. The highest BCUT2D eigenvalue weighted by Crippen LogP contribution is 2.23. The maximum absolute atomic E-state index is 12.0. The van der Waals surface area contributed by atoms with Crippen molar-refractivity contribution >= 4 is 17.7 Å². The zero-order chi connectivity index (χ0) is 14.6. The van der Waals surface area contributed by atoms with Gasteiger partial charge in [-0.2, -0.15) is 13.2 Å². The van der Waals surface area contributed by atoms with Crippen molar-refractivity contribution < 1.29 is 37.1 Å². The van der Waals surface area contributed by atoms with Crippen LogP contribution in [-0.2, 0) is 24.0 Å². The van der Waals surface area contributed by atoms with Crippen molar-refractivity contribution in [1.29, 1.82) is 0 Å². The molecule has 1 fully saturated rings. The molecule has 1 aliphatic rings. The van der Waals surface area contributed by atoms with Gasteiger partial charge in [0.15, 0.2) is 12.4 Å². The Hall–Kier alpha value is -1.64. The Kier molecular flexibility index (Phi) is 4.87. The van der Waals surface area contributed by atoms with Gasteiger partial charge >= 0.3 is 18.1 Å². The Morgan fingerprint density at radius 3 is 2.47 bits per heavy atom. The molecular formula is C10H12F3NO5. The molecule has 0 bridgehead atoms. The van der Waals surface area contributed by atoms with Crippen LogP contribution >= 0.6 is 0 Å². The van der Waals surface area contributed by atoms with E-state index in [1.54, 1.807) is 0 Å². The van der Waals surface area contributed by atoms with Crippen molar-refractivity contribution in [3.63, 3.8) is 0 Å². The molecule has 108 valence electrons. The first-order valence-electron chi connectivity index (χ1n) is 5.43. The summed E-state index contributed by atoms with van der Waals surface area (Å²) in [5, 5.41) is 0.682. The fourth-order valence-electron chi connectivity index (χ4n) is 1.60. The number of carbonyl (C=O) groups excluding carboxylic acids is 3. The summed E-state index contributed by atoms with van der Waals surface area (Å²) < 4.78 is 40.5. The SMILES string of the molecule is CC(=O)OCC(=O)C1CCCN1OC(=O)C(F)(F)F. The lowest BCUT2D eigenvalue weighted by molar-refractivity contribution is -0.240. The van der Waals surface area contributed by atoms with Crippen LogP contribution in [0.2, 0.25) is 0 Å². The second kappa shape index (κ2) is 6.00. The van der Waals surface area contributed by atoms with Crippen LogP contribution in [0, 0.1) is 0 Å². The van der Waals surface area contributed by atoms with Gasteiger partial charge in [0, 0.05) is 13.5 Å². The predicted molar refractivity (Wildman–Crippen MR) is 53.5 cm³/mol. The molecule has 9 heteroatoms. The minimum absolute atomic E-state index is 0.0261. The molecule has 0 aromatic heterocycles. The standard InChI is InChI=1S/C10H12F3NO5/c1-6(15)18-5-8(16)7-3-2-4-14(7)19-9(17)10(11,12)13/h7H,2-5H2,1H3. The smallest absolute Gasteiger partial charge is 0.458 e. The number of Topliss-reactive ketones (excluding diaryl/α,β-unsaturated/α-hetero) is 1. The summed E-state index contributed by atoms with van der Waals surface area (Å²) in [5.74, 6) is -3.66. The van der Waals surface area contributed by atoms with Gasteiger partial charge < -0.3 is 9.57 Å². The maximum atomic E-state index is 12.0. The minimum Gasteiger partial charge on any atom is -0.458 e. The van der Waals surface area contributed by atoms with E-state index in [9.17, 15) is 27.6 Å². The number of halogens is 3. The molecule has 1 rings (SSSR count). The molecule has 0 aliphatic carbocycles. The van der Waals surface area contributed by atoms with E-state index in [4.69, 9.17) is 0 Å². The zero-order valence-corrected chi connectivity index (χ0v) is 10.0. The van der Waals surface area contributed by atoms with Gasteiger partial charge in [-0.05, 0) is 12.8 Å². The van der Waals surface area contributed by atoms with Crippen molar-refractivity contribution in [2.24, 2.45) is 0 Å². The van der Waals surface area contributed by atoms with E-state index < -0.39 is 36.5 Å². The number of rotatable bonds is 4. The van der Waals surface area contributed by atoms with Crippen molar-refractivity contribution in [2.45, 2.75) is 32.0 Å². The topological polar surface area (TPSA) is 72.9 Å². The molecule has 1 aliphatic heterocycles. The molecule has 0 saturated carbocycles. The van der Waals surface area contributed by atoms with Crippen molar-refractivity contribution in [1.82, 2.24) is 5.06 Å². The molecule has 0 N–H and O–H groups in total. The molecule has 1 atom stereocenters. The van der Waals surface area contributed by atoms with Gasteiger partial charge in [-0.25, -0.2) is 4.79 Å². The molecule has 1 saturated heterocycles. The van der Waals surface area contributed by atoms with E-state index in [2.05, 4.69) is 9.57 Å². The van der Waals surface area contributed by atoms with Gasteiger partial charge in [0.05, 0.1) is 0 Å². The van der Waals surface area contributed by atoms with Crippen LogP contribution in [0.5, 0.6) is 0 Å². The summed E-state index contributed by atoms with van der Waals surface area (Å²) in [6, 6.07) is -1.01. The van der Waals surface area contributed by atoms with Crippen molar-refractivity contribution in [3.8, 4) is 0 Å². The number of carbonyl (C=O) groups is 3. The highest BCUT2D eigenvalue weighted by atomic mass is 19.4. The summed E-state index contributed by atoms with van der Waals surface area (Å²) in [7, 11) is 0. The Labute approximate surface area is 106 Å². The lowest BCUT2D eigenvalue weighted by atomic mass is 10.1. The molecule has 0 radical (unpaired) electrons. The highest BCUT2D eigenvalue weighted by Gasteiger charge is 2.45. The van der Waals surface area contributed by atoms with Gasteiger partial charge in [-0.1, -0.05) is 0 Å². The van der Waals surface area contributed by atoms with Gasteiger partial charge in [-0.15, -0.1) is 5.06 Å². The zero-order valence-electron chi connectivity index (χ0n) is 10.0. The Morgan fingerprint density at radius 2 is 1.95 bits per heavy atom. The molecular weight excluding hydrogens is 271 g/mol. The average Bonchev–Trinajstić information content (AvgIpc) is 2.72. The number of esters is 1. The Morgan fingerprint density at radius 1 is 1.32 bits per heavy atom. The molecule has 6 nitrogen and oxygen atoms in total. The van der Waals surface area contributed by atoms with Crippen LogP contribution in [0.25, 0.3) is 0 Å². The third-order valence-electron chi connectivity index (χ3n) is 2.42. The first kappa shape index (κ1) is 15.4. The summed E-state index contributed by atoms with van der Waals surface area (Å²) in [6.07, 6.45) is -4.47. The third kappa shape index (κ3) is 4.51. The molecule has 0 aromatic carbocycles. The van der Waals surface area contributed by atoms with E-state index in [-0.39, 0.29) is 13.0 Å². The Balaban J connectivity index is 2.56.